The van der Waals surface area contributed by atoms with Gasteiger partial charge in [0.15, 0.2) is 0 Å². The molecule has 0 saturated heterocycles. The topological polar surface area (TPSA) is 138 Å². The Labute approximate surface area is 113 Å². The molecule has 0 radical (unpaired) electrons. The quantitative estimate of drug-likeness (QED) is 0.589. The molecule has 1 heterocycles. The van der Waals surface area contributed by atoms with E-state index in [-0.39, 0.29) is 5.56 Å². The van der Waals surface area contributed by atoms with E-state index in [9.17, 15) is 14.4 Å². The third kappa shape index (κ3) is 2.91. The molecule has 2 rings (SSSR count). The summed E-state index contributed by atoms with van der Waals surface area (Å²) in [5.74, 6) is -2.72. The van der Waals surface area contributed by atoms with Gasteiger partial charge in [0.2, 0.25) is 5.91 Å². The Hall–Kier alpha value is -2.90. The molecule has 1 aromatic heterocycles. The highest BCUT2D eigenvalue weighted by Gasteiger charge is 2.22. The maximum Gasteiger partial charge on any atom is 0.326 e. The first kappa shape index (κ1) is 13.5. The number of aromatic amines is 1. The number of aromatic nitrogens is 2. The minimum absolute atomic E-state index is 0.273. The van der Waals surface area contributed by atoms with Crippen molar-refractivity contribution in [2.24, 2.45) is 5.73 Å². The van der Waals surface area contributed by atoms with Crippen molar-refractivity contribution >= 4 is 28.7 Å². The number of carbonyl (C=O) groups is 3. The molecule has 2 amide bonds. The molecule has 20 heavy (non-hydrogen) atoms. The zero-order chi connectivity index (χ0) is 14.7. The van der Waals surface area contributed by atoms with Gasteiger partial charge in [-0.15, -0.1) is 0 Å². The van der Waals surface area contributed by atoms with Crippen LogP contribution in [0.4, 0.5) is 0 Å². The second-order valence-corrected chi connectivity index (χ2v) is 4.21. The first-order valence-corrected chi connectivity index (χ1v) is 5.72. The fraction of sp³-hybridized carbons (Fsp3) is 0.167. The third-order valence-electron chi connectivity index (χ3n) is 2.71. The van der Waals surface area contributed by atoms with Gasteiger partial charge in [-0.05, 0) is 18.2 Å². The van der Waals surface area contributed by atoms with Gasteiger partial charge in [0, 0.05) is 10.9 Å². The smallest absolute Gasteiger partial charge is 0.326 e. The standard InChI is InChI=1S/C12H12N4O4/c13-10(17)4-9(12(19)20)15-11(18)6-1-2-8-7(3-6)5-14-16-8/h1-3,5,9H,4H2,(H2,13,17)(H,14,16)(H,15,18)(H,19,20)/t9-/m1/s1. The molecule has 0 bridgehead atoms. The number of carboxylic acids is 1. The zero-order valence-corrected chi connectivity index (χ0v) is 10.3. The molecule has 1 aromatic carbocycles. The summed E-state index contributed by atoms with van der Waals surface area (Å²) in [4.78, 5) is 33.7. The van der Waals surface area contributed by atoms with Crippen molar-refractivity contribution in [1.29, 1.82) is 0 Å². The van der Waals surface area contributed by atoms with Crippen molar-refractivity contribution < 1.29 is 19.5 Å². The minimum atomic E-state index is -1.35. The van der Waals surface area contributed by atoms with Crippen LogP contribution in [0.25, 0.3) is 10.9 Å². The molecule has 8 heteroatoms. The maximum absolute atomic E-state index is 11.9. The second-order valence-electron chi connectivity index (χ2n) is 4.21. The van der Waals surface area contributed by atoms with Gasteiger partial charge < -0.3 is 16.2 Å². The predicted octanol–water partition coefficient (Wildman–Crippen LogP) is -0.379. The lowest BCUT2D eigenvalue weighted by atomic mass is 10.1. The van der Waals surface area contributed by atoms with Crippen LogP contribution in [-0.2, 0) is 9.59 Å². The van der Waals surface area contributed by atoms with Crippen molar-refractivity contribution in [3.63, 3.8) is 0 Å². The highest BCUT2D eigenvalue weighted by molar-refractivity contribution is 6.00. The molecule has 5 N–H and O–H groups in total. The lowest BCUT2D eigenvalue weighted by Crippen LogP contribution is -2.43. The summed E-state index contributed by atoms with van der Waals surface area (Å²) in [6.07, 6.45) is 1.08. The number of nitrogens with one attached hydrogen (secondary N) is 2. The van der Waals surface area contributed by atoms with Gasteiger partial charge >= 0.3 is 5.97 Å². The Morgan fingerprint density at radius 3 is 2.80 bits per heavy atom. The van der Waals surface area contributed by atoms with Crippen LogP contribution < -0.4 is 11.1 Å². The predicted molar refractivity (Wildman–Crippen MR) is 68.8 cm³/mol. The Morgan fingerprint density at radius 2 is 2.15 bits per heavy atom. The van der Waals surface area contributed by atoms with E-state index < -0.39 is 30.2 Å². The van der Waals surface area contributed by atoms with Crippen LogP contribution in [0.5, 0.6) is 0 Å². The number of amides is 2. The van der Waals surface area contributed by atoms with Gasteiger partial charge in [0.25, 0.3) is 5.91 Å². The number of H-pyrrole nitrogens is 1. The van der Waals surface area contributed by atoms with E-state index >= 15 is 0 Å². The fourth-order valence-electron chi connectivity index (χ4n) is 1.73. The summed E-state index contributed by atoms with van der Waals surface area (Å²) in [6.45, 7) is 0. The number of benzene rings is 1. The average molecular weight is 276 g/mol. The van der Waals surface area contributed by atoms with E-state index in [2.05, 4.69) is 15.5 Å². The maximum atomic E-state index is 11.9. The third-order valence-corrected chi connectivity index (χ3v) is 2.71. The zero-order valence-electron chi connectivity index (χ0n) is 10.3. The number of fused-ring (bicyclic) bond motifs is 1. The van der Waals surface area contributed by atoms with Gasteiger partial charge in [-0.25, -0.2) is 4.79 Å². The van der Waals surface area contributed by atoms with Crippen molar-refractivity contribution in [2.75, 3.05) is 0 Å². The van der Waals surface area contributed by atoms with Crippen LogP contribution in [-0.4, -0.2) is 39.1 Å². The molecule has 0 saturated carbocycles. The van der Waals surface area contributed by atoms with Gasteiger partial charge in [0.1, 0.15) is 6.04 Å². The minimum Gasteiger partial charge on any atom is -0.480 e. The van der Waals surface area contributed by atoms with E-state index in [1.165, 1.54) is 6.07 Å². The monoisotopic (exact) mass is 276 g/mol. The molecule has 0 aliphatic carbocycles. The first-order valence-electron chi connectivity index (χ1n) is 5.72. The molecular weight excluding hydrogens is 264 g/mol. The summed E-state index contributed by atoms with van der Waals surface area (Å²) in [6, 6.07) is 3.40. The van der Waals surface area contributed by atoms with Crippen LogP contribution in [0.2, 0.25) is 0 Å². The van der Waals surface area contributed by atoms with Gasteiger partial charge in [-0.2, -0.15) is 5.10 Å². The van der Waals surface area contributed by atoms with Crippen LogP contribution in [0, 0.1) is 0 Å². The van der Waals surface area contributed by atoms with Crippen molar-refractivity contribution in [2.45, 2.75) is 12.5 Å². The molecule has 104 valence electrons. The number of hydrogen-bond acceptors (Lipinski definition) is 4. The number of primary amides is 1. The van der Waals surface area contributed by atoms with E-state index in [0.717, 1.165) is 10.9 Å². The summed E-state index contributed by atoms with van der Waals surface area (Å²) >= 11 is 0. The molecule has 0 fully saturated rings. The Kier molecular flexibility index (Phi) is 3.65. The van der Waals surface area contributed by atoms with Crippen LogP contribution in [0.3, 0.4) is 0 Å². The largest absolute Gasteiger partial charge is 0.480 e. The normalized spacial score (nSPS) is 12.0. The second kappa shape index (κ2) is 5.39. The van der Waals surface area contributed by atoms with Crippen LogP contribution >= 0.6 is 0 Å². The Balaban J connectivity index is 2.17. The van der Waals surface area contributed by atoms with Crippen LogP contribution in [0.15, 0.2) is 24.4 Å². The molecular formula is C12H12N4O4. The van der Waals surface area contributed by atoms with Crippen molar-refractivity contribution in [3.05, 3.63) is 30.0 Å². The van der Waals surface area contributed by atoms with E-state index in [1.54, 1.807) is 18.3 Å². The summed E-state index contributed by atoms with van der Waals surface area (Å²) in [7, 11) is 0. The molecule has 8 nitrogen and oxygen atoms in total. The van der Waals surface area contributed by atoms with E-state index in [4.69, 9.17) is 10.8 Å². The summed E-state index contributed by atoms with van der Waals surface area (Å²) in [5, 5.41) is 18.4. The van der Waals surface area contributed by atoms with E-state index in [0.29, 0.717) is 0 Å². The molecule has 0 unspecified atom stereocenters. The molecule has 1 atom stereocenters. The van der Waals surface area contributed by atoms with Crippen LogP contribution in [0.1, 0.15) is 16.8 Å². The molecule has 2 aromatic rings. The fourth-order valence-corrected chi connectivity index (χ4v) is 1.73. The number of carbonyl (C=O) groups excluding carboxylic acids is 2. The number of rotatable bonds is 5. The number of nitrogens with zero attached hydrogens (tertiary/aromatic N) is 1. The Morgan fingerprint density at radius 1 is 1.40 bits per heavy atom. The van der Waals surface area contributed by atoms with Crippen molar-refractivity contribution in [1.82, 2.24) is 15.5 Å². The lowest BCUT2D eigenvalue weighted by molar-refractivity contribution is -0.140. The first-order chi connectivity index (χ1) is 9.47. The van der Waals surface area contributed by atoms with Gasteiger partial charge in [-0.3, -0.25) is 14.7 Å². The molecule has 0 aliphatic rings. The Bertz CT molecular complexity index is 679. The SMILES string of the molecule is NC(=O)C[C@@H](NC(=O)c1ccc2[nH]ncc2c1)C(=O)O. The average Bonchev–Trinajstić information content (AvgIpc) is 2.84. The summed E-state index contributed by atoms with van der Waals surface area (Å²) < 4.78 is 0. The highest BCUT2D eigenvalue weighted by atomic mass is 16.4. The number of aliphatic carboxylic acids is 1. The van der Waals surface area contributed by atoms with Crippen molar-refractivity contribution in [3.8, 4) is 0 Å². The molecule has 0 aliphatic heterocycles. The molecule has 0 spiro atoms. The number of carboxylic acid groups (broad SMARTS) is 1. The van der Waals surface area contributed by atoms with E-state index in [1.807, 2.05) is 0 Å². The number of nitrogens with two attached hydrogens (primary N) is 1. The lowest BCUT2D eigenvalue weighted by Gasteiger charge is -2.12. The number of hydrogen-bond donors (Lipinski definition) is 4. The van der Waals surface area contributed by atoms with Gasteiger partial charge in [0.05, 0.1) is 18.1 Å². The summed E-state index contributed by atoms with van der Waals surface area (Å²) in [5.41, 5.74) is 5.97. The highest BCUT2D eigenvalue weighted by Crippen LogP contribution is 2.13. The van der Waals surface area contributed by atoms with Gasteiger partial charge in [-0.1, -0.05) is 0 Å².